The fourth-order valence-electron chi connectivity index (χ4n) is 3.29. The Morgan fingerprint density at radius 1 is 1.08 bits per heavy atom. The van der Waals surface area contributed by atoms with E-state index in [1.807, 2.05) is 0 Å². The Balaban J connectivity index is 2.04. The van der Waals surface area contributed by atoms with Gasteiger partial charge in [0.2, 0.25) is 5.82 Å². The molecule has 1 aliphatic carbocycles. The highest BCUT2D eigenvalue weighted by molar-refractivity contribution is 5.96. The molecule has 0 bridgehead atoms. The van der Waals surface area contributed by atoms with Gasteiger partial charge in [0.1, 0.15) is 0 Å². The minimum Gasteiger partial charge on any atom is -0.318 e. The van der Waals surface area contributed by atoms with Crippen LogP contribution in [0.5, 0.6) is 0 Å². The molecule has 26 heavy (non-hydrogen) atoms. The zero-order valence-corrected chi connectivity index (χ0v) is 13.4. The minimum absolute atomic E-state index is 0.108. The number of halogens is 6. The van der Waals surface area contributed by atoms with Crippen molar-refractivity contribution in [3.8, 4) is 0 Å². The summed E-state index contributed by atoms with van der Waals surface area (Å²) in [7, 11) is 0. The van der Waals surface area contributed by atoms with Gasteiger partial charge in [0.15, 0.2) is 0 Å². The van der Waals surface area contributed by atoms with E-state index in [2.05, 4.69) is 4.98 Å². The van der Waals surface area contributed by atoms with Crippen molar-refractivity contribution < 1.29 is 31.1 Å². The van der Waals surface area contributed by atoms with Gasteiger partial charge in [-0.1, -0.05) is 19.3 Å². The Hall–Kier alpha value is -2.26. The van der Waals surface area contributed by atoms with E-state index in [1.54, 1.807) is 5.32 Å². The molecule has 1 saturated carbocycles. The largest absolute Gasteiger partial charge is 0.471 e. The number of carbonyl (C=O) groups excluding carboxylic acids is 1. The monoisotopic (exact) mass is 379 g/mol. The van der Waals surface area contributed by atoms with Crippen molar-refractivity contribution in [2.24, 2.45) is 0 Å². The Kier molecular flexibility index (Phi) is 4.61. The average Bonchev–Trinajstić information content (AvgIpc) is 2.93. The summed E-state index contributed by atoms with van der Waals surface area (Å²) in [6.07, 6.45) is -6.04. The number of anilines is 1. The van der Waals surface area contributed by atoms with Gasteiger partial charge in [0.25, 0.3) is 0 Å². The normalized spacial score (nSPS) is 16.8. The summed E-state index contributed by atoms with van der Waals surface area (Å²) in [6, 6.07) is 3.07. The van der Waals surface area contributed by atoms with Gasteiger partial charge in [-0.25, -0.2) is 4.98 Å². The second-order valence-corrected chi connectivity index (χ2v) is 6.25. The Morgan fingerprint density at radius 3 is 2.31 bits per heavy atom. The highest BCUT2D eigenvalue weighted by Crippen LogP contribution is 2.39. The molecule has 0 radical (unpaired) electrons. The minimum atomic E-state index is -5.09. The zero-order valence-electron chi connectivity index (χ0n) is 13.4. The molecule has 1 aromatic carbocycles. The van der Waals surface area contributed by atoms with E-state index in [0.717, 1.165) is 36.0 Å². The molecular formula is C16H15F6N3O. The summed E-state index contributed by atoms with van der Waals surface area (Å²) < 4.78 is 78.4. The molecule has 0 spiro atoms. The van der Waals surface area contributed by atoms with Crippen molar-refractivity contribution >= 4 is 22.6 Å². The van der Waals surface area contributed by atoms with Crippen LogP contribution in [0.4, 0.5) is 32.0 Å². The molecule has 142 valence electrons. The first-order valence-corrected chi connectivity index (χ1v) is 8.05. The smallest absolute Gasteiger partial charge is 0.318 e. The number of nitrogens with zero attached hydrogens (tertiary/aromatic N) is 2. The summed E-state index contributed by atoms with van der Waals surface area (Å²) in [5.41, 5.74) is -0.182. The molecule has 1 aliphatic rings. The summed E-state index contributed by atoms with van der Waals surface area (Å²) in [5, 5.41) is 1.63. The third-order valence-electron chi connectivity index (χ3n) is 4.40. The number of hydrogen-bond acceptors (Lipinski definition) is 2. The van der Waals surface area contributed by atoms with Gasteiger partial charge >= 0.3 is 18.3 Å². The molecule has 1 fully saturated rings. The number of rotatable bonds is 2. The van der Waals surface area contributed by atoms with Crippen molar-refractivity contribution in [3.05, 3.63) is 24.0 Å². The molecule has 0 atom stereocenters. The summed E-state index contributed by atoms with van der Waals surface area (Å²) in [6.45, 7) is 0. The van der Waals surface area contributed by atoms with E-state index in [-0.39, 0.29) is 22.8 Å². The molecule has 10 heteroatoms. The van der Waals surface area contributed by atoms with Crippen LogP contribution in [0.15, 0.2) is 18.2 Å². The number of hydrogen-bond donors (Lipinski definition) is 1. The van der Waals surface area contributed by atoms with E-state index in [0.29, 0.717) is 12.8 Å². The van der Waals surface area contributed by atoms with Gasteiger partial charge in [-0.2, -0.15) is 26.3 Å². The number of fused-ring (bicyclic) bond motifs is 1. The molecule has 0 saturated heterocycles. The molecule has 1 heterocycles. The Bertz CT molecular complexity index is 818. The van der Waals surface area contributed by atoms with Crippen molar-refractivity contribution in [2.75, 3.05) is 5.32 Å². The van der Waals surface area contributed by atoms with E-state index in [4.69, 9.17) is 0 Å². The maximum atomic E-state index is 13.4. The summed E-state index contributed by atoms with van der Waals surface area (Å²) in [4.78, 5) is 14.6. The lowest BCUT2D eigenvalue weighted by molar-refractivity contribution is -0.167. The first-order valence-electron chi connectivity index (χ1n) is 8.05. The van der Waals surface area contributed by atoms with Gasteiger partial charge < -0.3 is 9.88 Å². The van der Waals surface area contributed by atoms with Crippen LogP contribution in [0, 0.1) is 0 Å². The van der Waals surface area contributed by atoms with Gasteiger partial charge in [0.05, 0.1) is 11.0 Å². The Morgan fingerprint density at radius 2 is 1.73 bits per heavy atom. The van der Waals surface area contributed by atoms with E-state index in [1.165, 1.54) is 6.07 Å². The summed E-state index contributed by atoms with van der Waals surface area (Å²) >= 11 is 0. The predicted octanol–water partition coefficient (Wildman–Crippen LogP) is 5.06. The van der Waals surface area contributed by atoms with Crippen LogP contribution in [0.2, 0.25) is 0 Å². The van der Waals surface area contributed by atoms with Gasteiger partial charge in [-0.05, 0) is 31.0 Å². The molecule has 1 amide bonds. The second kappa shape index (κ2) is 6.48. The van der Waals surface area contributed by atoms with Crippen LogP contribution in [0.3, 0.4) is 0 Å². The quantitative estimate of drug-likeness (QED) is 0.742. The fraction of sp³-hybridized carbons (Fsp3) is 0.500. The van der Waals surface area contributed by atoms with Crippen LogP contribution in [0.25, 0.3) is 11.0 Å². The second-order valence-electron chi connectivity index (χ2n) is 6.25. The average molecular weight is 379 g/mol. The van der Waals surface area contributed by atoms with Gasteiger partial charge in [-0.15, -0.1) is 0 Å². The number of imidazole rings is 1. The lowest BCUT2D eigenvalue weighted by Crippen LogP contribution is -2.29. The van der Waals surface area contributed by atoms with Gasteiger partial charge in [0, 0.05) is 11.7 Å². The molecule has 1 N–H and O–H groups in total. The van der Waals surface area contributed by atoms with E-state index < -0.39 is 24.1 Å². The van der Waals surface area contributed by atoms with Crippen LogP contribution >= 0.6 is 0 Å². The topological polar surface area (TPSA) is 46.9 Å². The Labute approximate surface area is 144 Å². The zero-order chi connectivity index (χ0) is 19.1. The SMILES string of the molecule is O=C(Nc1ccc2c(c1)nc(C(F)(F)F)n2C1CCCCC1)C(F)(F)F. The maximum Gasteiger partial charge on any atom is 0.471 e. The van der Waals surface area contributed by atoms with Crippen LogP contribution < -0.4 is 5.32 Å². The number of aromatic nitrogens is 2. The lowest BCUT2D eigenvalue weighted by Gasteiger charge is -2.26. The fourth-order valence-corrected chi connectivity index (χ4v) is 3.29. The van der Waals surface area contributed by atoms with Crippen molar-refractivity contribution in [2.45, 2.75) is 50.5 Å². The highest BCUT2D eigenvalue weighted by atomic mass is 19.4. The van der Waals surface area contributed by atoms with Crippen LogP contribution in [-0.2, 0) is 11.0 Å². The van der Waals surface area contributed by atoms with Crippen LogP contribution in [-0.4, -0.2) is 21.6 Å². The highest BCUT2D eigenvalue weighted by Gasteiger charge is 2.40. The van der Waals surface area contributed by atoms with Crippen molar-refractivity contribution in [1.82, 2.24) is 9.55 Å². The molecule has 4 nitrogen and oxygen atoms in total. The van der Waals surface area contributed by atoms with Crippen molar-refractivity contribution in [1.29, 1.82) is 0 Å². The predicted molar refractivity (Wildman–Crippen MR) is 81.5 cm³/mol. The third-order valence-corrected chi connectivity index (χ3v) is 4.40. The number of amides is 1. The van der Waals surface area contributed by atoms with E-state index in [9.17, 15) is 31.1 Å². The molecule has 0 aliphatic heterocycles. The molecule has 2 aromatic rings. The molecule has 3 rings (SSSR count). The maximum absolute atomic E-state index is 13.4. The number of nitrogens with one attached hydrogen (secondary N) is 1. The first kappa shape index (κ1) is 18.5. The molecule has 0 unspecified atom stereocenters. The third kappa shape index (κ3) is 3.63. The number of alkyl halides is 6. The van der Waals surface area contributed by atoms with E-state index >= 15 is 0 Å². The summed E-state index contributed by atoms with van der Waals surface area (Å²) in [5.74, 6) is -3.27. The van der Waals surface area contributed by atoms with Crippen LogP contribution in [0.1, 0.15) is 44.0 Å². The number of carbonyl (C=O) groups is 1. The molecular weight excluding hydrogens is 364 g/mol. The number of benzene rings is 1. The standard InChI is InChI=1S/C16H15F6N3O/c17-15(18,19)13-24-11-8-9(23-14(26)16(20,21)22)6-7-12(11)25(13)10-4-2-1-3-5-10/h6-8,10H,1-5H2,(H,23,26). The first-order chi connectivity index (χ1) is 12.1. The molecule has 1 aromatic heterocycles. The van der Waals surface area contributed by atoms with Crippen molar-refractivity contribution in [3.63, 3.8) is 0 Å². The van der Waals surface area contributed by atoms with Gasteiger partial charge in [-0.3, -0.25) is 4.79 Å². The lowest BCUT2D eigenvalue weighted by atomic mass is 9.95.